The molecule has 6 nitrogen and oxygen atoms in total. The first-order valence-corrected chi connectivity index (χ1v) is 7.86. The summed E-state index contributed by atoms with van der Waals surface area (Å²) < 4.78 is 20.2. The number of methoxy groups -OCH3 is 1. The second-order valence-corrected chi connectivity index (χ2v) is 5.27. The van der Waals surface area contributed by atoms with E-state index in [-0.39, 0.29) is 24.3 Å². The highest BCUT2D eigenvalue weighted by atomic mass is 16.6. The van der Waals surface area contributed by atoms with E-state index in [1.165, 1.54) is 6.92 Å². The minimum absolute atomic E-state index is 0.0692. The van der Waals surface area contributed by atoms with E-state index in [9.17, 15) is 4.79 Å². The number of carbonyl (C=O) groups is 1. The van der Waals surface area contributed by atoms with E-state index in [1.54, 1.807) is 14.0 Å². The normalized spacial score (nSPS) is 14.5. The van der Waals surface area contributed by atoms with Crippen LogP contribution in [0.15, 0.2) is 0 Å². The lowest BCUT2D eigenvalue weighted by molar-refractivity contribution is -0.145. The van der Waals surface area contributed by atoms with Crippen LogP contribution in [0.3, 0.4) is 0 Å². The van der Waals surface area contributed by atoms with Gasteiger partial charge in [0.2, 0.25) is 0 Å². The largest absolute Gasteiger partial charge is 0.463 e. The summed E-state index contributed by atoms with van der Waals surface area (Å²) in [5, 5.41) is 8.73. The summed E-state index contributed by atoms with van der Waals surface area (Å²) in [6.45, 7) is 11.1. The Labute approximate surface area is 135 Å². The number of aliphatic hydroxyl groups excluding tert-OH is 1. The van der Waals surface area contributed by atoms with Gasteiger partial charge in [0.1, 0.15) is 6.61 Å². The molecule has 0 fully saturated rings. The van der Waals surface area contributed by atoms with Crippen LogP contribution in [0.25, 0.3) is 0 Å². The van der Waals surface area contributed by atoms with Crippen molar-refractivity contribution >= 4 is 5.97 Å². The molecule has 1 N–H and O–H groups in total. The highest BCUT2D eigenvalue weighted by molar-refractivity contribution is 5.65. The molecule has 0 saturated carbocycles. The minimum atomic E-state index is -0.318. The minimum Gasteiger partial charge on any atom is -0.463 e. The number of aliphatic hydroxyl groups is 1. The Morgan fingerprint density at radius 3 is 2.18 bits per heavy atom. The number of ether oxygens (including phenoxy) is 4. The van der Waals surface area contributed by atoms with Gasteiger partial charge in [-0.2, -0.15) is 0 Å². The quantitative estimate of drug-likeness (QED) is 0.464. The Hall–Kier alpha value is -0.690. The summed E-state index contributed by atoms with van der Waals surface area (Å²) in [5.41, 5.74) is 0. The van der Waals surface area contributed by atoms with Gasteiger partial charge >= 0.3 is 5.97 Å². The Balaban J connectivity index is 0. The van der Waals surface area contributed by atoms with Gasteiger partial charge in [-0.15, -0.1) is 0 Å². The van der Waals surface area contributed by atoms with E-state index < -0.39 is 0 Å². The molecule has 0 spiro atoms. The average molecular weight is 322 g/mol. The molecule has 134 valence electrons. The molecule has 0 rings (SSSR count). The molecular formula is C16H34O6. The molecule has 0 heterocycles. The third-order valence-electron chi connectivity index (χ3n) is 2.54. The SMILES string of the molecule is CCCCOCC(C)O.COC(C)COC(C)COC(C)=O. The Kier molecular flexibility index (Phi) is 17.9. The van der Waals surface area contributed by atoms with Crippen LogP contribution < -0.4 is 0 Å². The Morgan fingerprint density at radius 2 is 1.73 bits per heavy atom. The van der Waals surface area contributed by atoms with Crippen molar-refractivity contribution in [1.82, 2.24) is 0 Å². The van der Waals surface area contributed by atoms with Crippen molar-refractivity contribution in [2.24, 2.45) is 0 Å². The summed E-state index contributed by atoms with van der Waals surface area (Å²) in [7, 11) is 1.63. The number of esters is 1. The summed E-state index contributed by atoms with van der Waals surface area (Å²) in [5.74, 6) is -0.282. The first-order valence-electron chi connectivity index (χ1n) is 7.86. The van der Waals surface area contributed by atoms with Gasteiger partial charge in [0.15, 0.2) is 0 Å². The molecule has 0 aliphatic carbocycles. The molecule has 0 aliphatic rings. The lowest BCUT2D eigenvalue weighted by Crippen LogP contribution is -2.23. The molecule has 0 aromatic carbocycles. The second-order valence-electron chi connectivity index (χ2n) is 5.27. The van der Waals surface area contributed by atoms with Crippen LogP contribution in [-0.4, -0.2) is 62.9 Å². The van der Waals surface area contributed by atoms with Crippen molar-refractivity contribution in [3.63, 3.8) is 0 Å². The first-order chi connectivity index (χ1) is 10.3. The molecule has 0 bridgehead atoms. The van der Waals surface area contributed by atoms with Crippen molar-refractivity contribution in [3.8, 4) is 0 Å². The second kappa shape index (κ2) is 16.7. The highest BCUT2D eigenvalue weighted by Crippen LogP contribution is 1.96. The van der Waals surface area contributed by atoms with Crippen molar-refractivity contribution in [2.75, 3.05) is 33.5 Å². The third-order valence-corrected chi connectivity index (χ3v) is 2.54. The molecule has 0 aromatic rings. The van der Waals surface area contributed by atoms with E-state index >= 15 is 0 Å². The number of carbonyl (C=O) groups excluding carboxylic acids is 1. The highest BCUT2D eigenvalue weighted by Gasteiger charge is 2.06. The van der Waals surface area contributed by atoms with Gasteiger partial charge in [-0.05, 0) is 27.2 Å². The molecule has 0 saturated heterocycles. The van der Waals surface area contributed by atoms with Crippen LogP contribution in [-0.2, 0) is 23.7 Å². The van der Waals surface area contributed by atoms with Crippen LogP contribution in [0.1, 0.15) is 47.5 Å². The zero-order valence-corrected chi connectivity index (χ0v) is 15.0. The molecule has 0 aromatic heterocycles. The zero-order chi connectivity index (χ0) is 17.4. The van der Waals surface area contributed by atoms with Crippen LogP contribution in [0.2, 0.25) is 0 Å². The van der Waals surface area contributed by atoms with Crippen LogP contribution in [0, 0.1) is 0 Å². The molecule has 22 heavy (non-hydrogen) atoms. The molecule has 0 aliphatic heterocycles. The molecule has 0 radical (unpaired) electrons. The van der Waals surface area contributed by atoms with Crippen molar-refractivity contribution in [1.29, 1.82) is 0 Å². The van der Waals surface area contributed by atoms with Gasteiger partial charge in [0, 0.05) is 20.6 Å². The van der Waals surface area contributed by atoms with Crippen LogP contribution >= 0.6 is 0 Å². The fraction of sp³-hybridized carbons (Fsp3) is 0.938. The maximum Gasteiger partial charge on any atom is 0.302 e. The van der Waals surface area contributed by atoms with E-state index in [1.807, 2.05) is 13.8 Å². The maximum absolute atomic E-state index is 10.4. The number of unbranched alkanes of at least 4 members (excludes halogenated alkanes) is 1. The predicted octanol–water partition coefficient (Wildman–Crippen LogP) is 2.17. The van der Waals surface area contributed by atoms with Crippen molar-refractivity contribution < 1.29 is 28.8 Å². The average Bonchev–Trinajstić information content (AvgIpc) is 2.47. The number of hydrogen-bond acceptors (Lipinski definition) is 6. The topological polar surface area (TPSA) is 74.2 Å². The van der Waals surface area contributed by atoms with Gasteiger partial charge in [0.05, 0.1) is 31.5 Å². The van der Waals surface area contributed by atoms with Crippen LogP contribution in [0.4, 0.5) is 0 Å². The predicted molar refractivity (Wildman–Crippen MR) is 85.9 cm³/mol. The third kappa shape index (κ3) is 21.6. The Morgan fingerprint density at radius 1 is 1.09 bits per heavy atom. The summed E-state index contributed by atoms with van der Waals surface area (Å²) in [6, 6.07) is 0. The fourth-order valence-corrected chi connectivity index (χ4v) is 1.15. The molecular weight excluding hydrogens is 288 g/mol. The molecule has 3 unspecified atom stereocenters. The lowest BCUT2D eigenvalue weighted by atomic mass is 10.4. The number of rotatable bonds is 11. The zero-order valence-electron chi connectivity index (χ0n) is 15.0. The lowest BCUT2D eigenvalue weighted by Gasteiger charge is -2.15. The molecule has 6 heteroatoms. The van der Waals surface area contributed by atoms with E-state index in [0.717, 1.165) is 19.4 Å². The maximum atomic E-state index is 10.4. The molecule has 0 amide bonds. The summed E-state index contributed by atoms with van der Waals surface area (Å²) in [6.07, 6.45) is 1.91. The van der Waals surface area contributed by atoms with E-state index in [2.05, 4.69) is 6.92 Å². The van der Waals surface area contributed by atoms with Gasteiger partial charge in [0.25, 0.3) is 0 Å². The molecule has 3 atom stereocenters. The fourth-order valence-electron chi connectivity index (χ4n) is 1.15. The van der Waals surface area contributed by atoms with E-state index in [4.69, 9.17) is 24.1 Å². The van der Waals surface area contributed by atoms with Gasteiger partial charge < -0.3 is 24.1 Å². The summed E-state index contributed by atoms with van der Waals surface area (Å²) >= 11 is 0. The van der Waals surface area contributed by atoms with Crippen molar-refractivity contribution in [2.45, 2.75) is 65.8 Å². The summed E-state index contributed by atoms with van der Waals surface area (Å²) in [4.78, 5) is 10.4. The van der Waals surface area contributed by atoms with Crippen LogP contribution in [0.5, 0.6) is 0 Å². The Bertz CT molecular complexity index is 245. The van der Waals surface area contributed by atoms with Crippen molar-refractivity contribution in [3.05, 3.63) is 0 Å². The van der Waals surface area contributed by atoms with Gasteiger partial charge in [-0.25, -0.2) is 0 Å². The van der Waals surface area contributed by atoms with E-state index in [0.29, 0.717) is 19.8 Å². The number of hydrogen-bond donors (Lipinski definition) is 1. The standard InChI is InChI=1S/C9H18O4.C7H16O2/c1-7(11-4)5-12-8(2)6-13-9(3)10;1-3-4-5-9-6-7(2)8/h7-8H,5-6H2,1-4H3;7-8H,3-6H2,1-2H3. The van der Waals surface area contributed by atoms with Gasteiger partial charge in [-0.1, -0.05) is 13.3 Å². The monoisotopic (exact) mass is 322 g/mol. The first kappa shape index (κ1) is 23.6. The van der Waals surface area contributed by atoms with Gasteiger partial charge in [-0.3, -0.25) is 4.79 Å². The smallest absolute Gasteiger partial charge is 0.302 e.